The summed E-state index contributed by atoms with van der Waals surface area (Å²) in [4.78, 5) is 0.838. The minimum absolute atomic E-state index is 0.490. The van der Waals surface area contributed by atoms with Gasteiger partial charge in [0.2, 0.25) is 0 Å². The summed E-state index contributed by atoms with van der Waals surface area (Å²) in [7, 11) is 0. The maximum absolute atomic E-state index is 5.88. The maximum atomic E-state index is 5.88. The third-order valence-corrected chi connectivity index (χ3v) is 3.85. The van der Waals surface area contributed by atoms with Crippen molar-refractivity contribution >= 4 is 30.2 Å². The van der Waals surface area contributed by atoms with Gasteiger partial charge in [-0.3, -0.25) is 0 Å². The Bertz CT molecular complexity index is 436. The first kappa shape index (κ1) is 16.5. The van der Waals surface area contributed by atoms with Crippen molar-refractivity contribution in [2.24, 2.45) is 5.92 Å². The second kappa shape index (κ2) is 7.91. The molecule has 0 spiro atoms. The summed E-state index contributed by atoms with van der Waals surface area (Å²) in [5, 5.41) is 1.71. The van der Waals surface area contributed by atoms with Gasteiger partial charge in [0, 0.05) is 10.5 Å². The predicted molar refractivity (Wildman–Crippen MR) is 91.4 cm³/mol. The van der Waals surface area contributed by atoms with Crippen molar-refractivity contribution in [1.29, 1.82) is 0 Å². The molecule has 106 valence electrons. The number of ether oxygens (including phenoxy) is 1. The van der Waals surface area contributed by atoms with Crippen molar-refractivity contribution in [1.82, 2.24) is 0 Å². The van der Waals surface area contributed by atoms with Gasteiger partial charge in [-0.25, -0.2) is 0 Å². The molecule has 1 aromatic rings. The second-order valence-electron chi connectivity index (χ2n) is 5.46. The van der Waals surface area contributed by atoms with Crippen LogP contribution < -0.4 is 4.74 Å². The van der Waals surface area contributed by atoms with E-state index >= 15 is 0 Å². The first-order chi connectivity index (χ1) is 8.95. The van der Waals surface area contributed by atoms with E-state index in [2.05, 4.69) is 65.1 Å². The van der Waals surface area contributed by atoms with Gasteiger partial charge in [-0.05, 0) is 41.4 Å². The lowest BCUT2D eigenvalue weighted by Crippen LogP contribution is -2.03. The molecule has 0 atom stereocenters. The topological polar surface area (TPSA) is 9.23 Å². The molecule has 0 aliphatic carbocycles. The van der Waals surface area contributed by atoms with Crippen LogP contribution in [0.2, 0.25) is 0 Å². The molecule has 0 aliphatic rings. The molecule has 0 saturated carbocycles. The first-order valence-electron chi connectivity index (χ1n) is 6.76. The third-order valence-electron chi connectivity index (χ3n) is 3.02. The Morgan fingerprint density at radius 3 is 2.47 bits per heavy atom. The van der Waals surface area contributed by atoms with Gasteiger partial charge in [0.05, 0.1) is 6.61 Å². The lowest BCUT2D eigenvalue weighted by Gasteiger charge is -2.15. The first-order valence-corrected chi connectivity index (χ1v) is 7.72. The smallest absolute Gasteiger partial charge is 0.127 e. The molecule has 3 heteroatoms. The lowest BCUT2D eigenvalue weighted by molar-refractivity contribution is 0.289. The van der Waals surface area contributed by atoms with Crippen molar-refractivity contribution in [2.45, 2.75) is 40.0 Å². The fourth-order valence-electron chi connectivity index (χ4n) is 1.71. The molecule has 0 fully saturated rings. The van der Waals surface area contributed by atoms with Crippen LogP contribution in [0.4, 0.5) is 0 Å². The molecule has 0 radical (unpaired) electrons. The quantitative estimate of drug-likeness (QED) is 0.669. The van der Waals surface area contributed by atoms with Gasteiger partial charge >= 0.3 is 0 Å². The van der Waals surface area contributed by atoms with E-state index in [1.807, 2.05) is 6.07 Å². The zero-order valence-electron chi connectivity index (χ0n) is 12.2. The number of rotatable bonds is 6. The van der Waals surface area contributed by atoms with E-state index in [4.69, 9.17) is 4.74 Å². The zero-order valence-corrected chi connectivity index (χ0v) is 14.0. The molecule has 0 aromatic heterocycles. The molecular formula is C16H24OS2. The highest BCUT2D eigenvalue weighted by atomic mass is 32.1. The Morgan fingerprint density at radius 1 is 1.26 bits per heavy atom. The molecule has 1 nitrogen and oxygen atoms in total. The lowest BCUT2D eigenvalue weighted by atomic mass is 10.00. The van der Waals surface area contributed by atoms with Gasteiger partial charge in [0.1, 0.15) is 5.75 Å². The molecule has 0 bridgehead atoms. The summed E-state index contributed by atoms with van der Waals surface area (Å²) < 4.78 is 5.88. The highest BCUT2D eigenvalue weighted by Gasteiger charge is 2.10. The Labute approximate surface area is 128 Å². The van der Waals surface area contributed by atoms with E-state index in [1.54, 1.807) is 5.41 Å². The fourth-order valence-corrected chi connectivity index (χ4v) is 2.02. The molecule has 0 aliphatic heterocycles. The van der Waals surface area contributed by atoms with E-state index in [0.29, 0.717) is 11.8 Å². The zero-order chi connectivity index (χ0) is 14.4. The standard InChI is InChI=1S/C16H24OS2/c1-11(2)7-8-17-15-6-5-13(12(3)4)9-14(15)16(19)10-18/h5-6,9-12,18-19H,7-8H2,1-4H3. The summed E-state index contributed by atoms with van der Waals surface area (Å²) in [5.74, 6) is 2.03. The van der Waals surface area contributed by atoms with Gasteiger partial charge in [-0.1, -0.05) is 33.8 Å². The molecule has 0 saturated heterocycles. The summed E-state index contributed by atoms with van der Waals surface area (Å²) in [5.41, 5.74) is 2.31. The highest BCUT2D eigenvalue weighted by molar-refractivity contribution is 7.92. The van der Waals surface area contributed by atoms with E-state index in [9.17, 15) is 0 Å². The van der Waals surface area contributed by atoms with Crippen LogP contribution in [0.3, 0.4) is 0 Å². The Balaban J connectivity index is 2.96. The summed E-state index contributed by atoms with van der Waals surface area (Å²) in [6.07, 6.45) is 1.05. The molecule has 0 N–H and O–H groups in total. The van der Waals surface area contributed by atoms with Crippen LogP contribution >= 0.6 is 25.3 Å². The van der Waals surface area contributed by atoms with Crippen LogP contribution in [0.25, 0.3) is 4.91 Å². The van der Waals surface area contributed by atoms with Crippen LogP contribution in [0.5, 0.6) is 5.75 Å². The Hall–Kier alpha value is -0.540. The largest absolute Gasteiger partial charge is 0.493 e. The average Bonchev–Trinajstić information content (AvgIpc) is 2.37. The second-order valence-corrected chi connectivity index (χ2v) is 6.20. The summed E-state index contributed by atoms with van der Waals surface area (Å²) in [6.45, 7) is 9.49. The van der Waals surface area contributed by atoms with Crippen LogP contribution in [0.1, 0.15) is 51.2 Å². The van der Waals surface area contributed by atoms with Crippen molar-refractivity contribution < 1.29 is 4.74 Å². The minimum Gasteiger partial charge on any atom is -0.493 e. The molecule has 19 heavy (non-hydrogen) atoms. The van der Waals surface area contributed by atoms with E-state index in [1.165, 1.54) is 5.56 Å². The highest BCUT2D eigenvalue weighted by Crippen LogP contribution is 2.32. The molecule has 0 heterocycles. The summed E-state index contributed by atoms with van der Waals surface area (Å²) in [6, 6.07) is 6.31. The van der Waals surface area contributed by atoms with Crippen molar-refractivity contribution in [3.05, 3.63) is 34.7 Å². The molecular weight excluding hydrogens is 272 g/mol. The molecule has 1 rings (SSSR count). The average molecular weight is 297 g/mol. The number of benzene rings is 1. The van der Waals surface area contributed by atoms with Crippen molar-refractivity contribution in [3.63, 3.8) is 0 Å². The number of thiol groups is 2. The van der Waals surface area contributed by atoms with Crippen molar-refractivity contribution in [3.8, 4) is 5.75 Å². The normalized spacial score (nSPS) is 12.3. The number of hydrogen-bond donors (Lipinski definition) is 2. The van der Waals surface area contributed by atoms with Gasteiger partial charge < -0.3 is 4.74 Å². The van der Waals surface area contributed by atoms with Gasteiger partial charge in [0.25, 0.3) is 0 Å². The Morgan fingerprint density at radius 2 is 1.95 bits per heavy atom. The SMILES string of the molecule is CC(C)CCOc1ccc(C(C)C)cc1C(S)=CS. The predicted octanol–water partition coefficient (Wildman–Crippen LogP) is 5.39. The third kappa shape index (κ3) is 5.15. The van der Waals surface area contributed by atoms with Gasteiger partial charge in [-0.2, -0.15) is 12.6 Å². The van der Waals surface area contributed by atoms with Crippen LogP contribution in [0, 0.1) is 5.92 Å². The van der Waals surface area contributed by atoms with Gasteiger partial charge in [0.15, 0.2) is 0 Å². The minimum atomic E-state index is 0.490. The van der Waals surface area contributed by atoms with Crippen molar-refractivity contribution in [2.75, 3.05) is 6.61 Å². The maximum Gasteiger partial charge on any atom is 0.127 e. The van der Waals surface area contributed by atoms with E-state index < -0.39 is 0 Å². The molecule has 0 amide bonds. The fraction of sp³-hybridized carbons (Fsp3) is 0.500. The van der Waals surface area contributed by atoms with Crippen LogP contribution in [-0.4, -0.2) is 6.61 Å². The molecule has 0 unspecified atom stereocenters. The Kier molecular flexibility index (Phi) is 6.87. The van der Waals surface area contributed by atoms with E-state index in [-0.39, 0.29) is 0 Å². The van der Waals surface area contributed by atoms with E-state index in [0.717, 1.165) is 29.2 Å². The summed E-state index contributed by atoms with van der Waals surface area (Å²) >= 11 is 8.66. The van der Waals surface area contributed by atoms with Gasteiger partial charge in [-0.15, -0.1) is 12.6 Å². The molecule has 1 aromatic carbocycles. The number of hydrogen-bond acceptors (Lipinski definition) is 3. The monoisotopic (exact) mass is 296 g/mol. The van der Waals surface area contributed by atoms with Crippen LogP contribution in [0.15, 0.2) is 23.6 Å². The van der Waals surface area contributed by atoms with Crippen LogP contribution in [-0.2, 0) is 0 Å².